The Morgan fingerprint density at radius 2 is 1.52 bits per heavy atom. The lowest BCUT2D eigenvalue weighted by molar-refractivity contribution is 0.298. The Kier molecular flexibility index (Phi) is 4.25. The van der Waals surface area contributed by atoms with E-state index in [0.717, 1.165) is 19.4 Å². The first-order valence-corrected chi connectivity index (χ1v) is 7.70. The zero-order chi connectivity index (χ0) is 14.5. The van der Waals surface area contributed by atoms with Crippen LogP contribution in [0.4, 0.5) is 5.69 Å². The van der Waals surface area contributed by atoms with Crippen molar-refractivity contribution in [2.75, 3.05) is 11.4 Å². The number of para-hydroxylation sites is 1. The molecule has 1 heterocycles. The number of rotatable bonds is 5. The van der Waals surface area contributed by atoms with E-state index in [9.17, 15) is 0 Å². The van der Waals surface area contributed by atoms with Crippen LogP contribution in [0.5, 0.6) is 0 Å². The summed E-state index contributed by atoms with van der Waals surface area (Å²) in [6, 6.07) is 21.4. The molecule has 2 nitrogen and oxygen atoms in total. The van der Waals surface area contributed by atoms with Crippen LogP contribution in [0.15, 0.2) is 73.1 Å². The van der Waals surface area contributed by atoms with Crippen molar-refractivity contribution in [1.82, 2.24) is 4.90 Å². The predicted molar refractivity (Wildman–Crippen MR) is 89.0 cm³/mol. The summed E-state index contributed by atoms with van der Waals surface area (Å²) in [5.74, 6) is 0. The van der Waals surface area contributed by atoms with Crippen LogP contribution in [-0.2, 0) is 6.42 Å². The molecule has 2 heteroatoms. The maximum atomic E-state index is 2.44. The largest absolute Gasteiger partial charge is 0.355 e. The van der Waals surface area contributed by atoms with Crippen molar-refractivity contribution >= 4 is 5.69 Å². The number of benzene rings is 2. The van der Waals surface area contributed by atoms with Crippen molar-refractivity contribution < 1.29 is 0 Å². The van der Waals surface area contributed by atoms with Gasteiger partial charge in [0.15, 0.2) is 0 Å². The molecule has 0 saturated carbocycles. The molecular weight excluding hydrogens is 256 g/mol. The molecule has 3 rings (SSSR count). The van der Waals surface area contributed by atoms with Crippen molar-refractivity contribution in [3.63, 3.8) is 0 Å². The maximum Gasteiger partial charge on any atom is 0.109 e. The minimum atomic E-state index is 0.370. The van der Waals surface area contributed by atoms with Gasteiger partial charge >= 0.3 is 0 Å². The maximum absolute atomic E-state index is 2.44. The first-order chi connectivity index (χ1) is 10.4. The number of nitrogens with zero attached hydrogens (tertiary/aromatic N) is 2. The summed E-state index contributed by atoms with van der Waals surface area (Å²) >= 11 is 0. The van der Waals surface area contributed by atoms with E-state index in [0.29, 0.717) is 6.17 Å². The Balaban J connectivity index is 1.84. The van der Waals surface area contributed by atoms with Gasteiger partial charge in [0.1, 0.15) is 6.17 Å². The molecule has 1 aliphatic rings. The van der Waals surface area contributed by atoms with E-state index in [1.165, 1.54) is 11.3 Å². The van der Waals surface area contributed by atoms with Gasteiger partial charge in [0, 0.05) is 31.1 Å². The Bertz CT molecular complexity index is 577. The fourth-order valence-corrected chi connectivity index (χ4v) is 2.90. The van der Waals surface area contributed by atoms with E-state index in [2.05, 4.69) is 89.8 Å². The minimum Gasteiger partial charge on any atom is -0.355 e. The van der Waals surface area contributed by atoms with Crippen molar-refractivity contribution in [2.24, 2.45) is 0 Å². The quantitative estimate of drug-likeness (QED) is 0.806. The Morgan fingerprint density at radius 1 is 0.857 bits per heavy atom. The zero-order valence-electron chi connectivity index (χ0n) is 12.5. The normalized spacial score (nSPS) is 17.5. The fourth-order valence-electron chi connectivity index (χ4n) is 2.90. The Labute approximate surface area is 127 Å². The molecule has 21 heavy (non-hydrogen) atoms. The molecule has 0 spiro atoms. The SMILES string of the molecule is CCCN1C=CN(c2ccccc2)C1Cc1ccccc1. The van der Waals surface area contributed by atoms with Gasteiger partial charge in [-0.05, 0) is 24.1 Å². The smallest absolute Gasteiger partial charge is 0.109 e. The molecule has 0 radical (unpaired) electrons. The number of hydrogen-bond acceptors (Lipinski definition) is 2. The van der Waals surface area contributed by atoms with Gasteiger partial charge in [-0.2, -0.15) is 0 Å². The number of anilines is 1. The van der Waals surface area contributed by atoms with Crippen LogP contribution >= 0.6 is 0 Å². The van der Waals surface area contributed by atoms with Crippen LogP contribution < -0.4 is 4.90 Å². The molecular formula is C19H22N2. The van der Waals surface area contributed by atoms with Gasteiger partial charge in [-0.1, -0.05) is 55.5 Å². The lowest BCUT2D eigenvalue weighted by Gasteiger charge is -2.33. The third kappa shape index (κ3) is 3.10. The molecule has 0 amide bonds. The lowest BCUT2D eigenvalue weighted by Crippen LogP contribution is -2.40. The highest BCUT2D eigenvalue weighted by Crippen LogP contribution is 2.26. The van der Waals surface area contributed by atoms with E-state index in [4.69, 9.17) is 0 Å². The molecule has 1 unspecified atom stereocenters. The Hall–Kier alpha value is -2.22. The van der Waals surface area contributed by atoms with Crippen LogP contribution in [0.1, 0.15) is 18.9 Å². The van der Waals surface area contributed by atoms with Gasteiger partial charge in [-0.3, -0.25) is 0 Å². The summed E-state index contributed by atoms with van der Waals surface area (Å²) in [5.41, 5.74) is 2.64. The van der Waals surface area contributed by atoms with Crippen molar-refractivity contribution in [3.8, 4) is 0 Å². The molecule has 1 aliphatic heterocycles. The second-order valence-electron chi connectivity index (χ2n) is 5.45. The minimum absolute atomic E-state index is 0.370. The van der Waals surface area contributed by atoms with E-state index in [1.807, 2.05) is 0 Å². The van der Waals surface area contributed by atoms with Gasteiger partial charge in [0.25, 0.3) is 0 Å². The van der Waals surface area contributed by atoms with E-state index >= 15 is 0 Å². The van der Waals surface area contributed by atoms with Crippen molar-refractivity contribution in [2.45, 2.75) is 25.9 Å². The summed E-state index contributed by atoms with van der Waals surface area (Å²) in [6.07, 6.45) is 7.00. The monoisotopic (exact) mass is 278 g/mol. The average molecular weight is 278 g/mol. The van der Waals surface area contributed by atoms with Crippen LogP contribution in [-0.4, -0.2) is 17.6 Å². The molecule has 0 aromatic heterocycles. The topological polar surface area (TPSA) is 6.48 Å². The molecule has 0 fully saturated rings. The van der Waals surface area contributed by atoms with Crippen LogP contribution in [0, 0.1) is 0 Å². The first-order valence-electron chi connectivity index (χ1n) is 7.70. The summed E-state index contributed by atoms with van der Waals surface area (Å²) in [6.45, 7) is 3.33. The van der Waals surface area contributed by atoms with Gasteiger partial charge in [-0.25, -0.2) is 0 Å². The third-order valence-corrected chi connectivity index (χ3v) is 3.92. The Morgan fingerprint density at radius 3 is 2.19 bits per heavy atom. The molecule has 0 aliphatic carbocycles. The number of hydrogen-bond donors (Lipinski definition) is 0. The van der Waals surface area contributed by atoms with Gasteiger partial charge in [-0.15, -0.1) is 0 Å². The van der Waals surface area contributed by atoms with E-state index in [1.54, 1.807) is 0 Å². The highest BCUT2D eigenvalue weighted by molar-refractivity contribution is 5.51. The summed E-state index contributed by atoms with van der Waals surface area (Å²) in [4.78, 5) is 4.82. The molecule has 1 atom stereocenters. The van der Waals surface area contributed by atoms with E-state index < -0.39 is 0 Å². The fraction of sp³-hybridized carbons (Fsp3) is 0.263. The summed E-state index contributed by atoms with van der Waals surface area (Å²) in [7, 11) is 0. The van der Waals surface area contributed by atoms with Gasteiger partial charge in [0.05, 0.1) is 0 Å². The van der Waals surface area contributed by atoms with Crippen LogP contribution in [0.25, 0.3) is 0 Å². The molecule has 108 valence electrons. The highest BCUT2D eigenvalue weighted by Gasteiger charge is 2.26. The summed E-state index contributed by atoms with van der Waals surface area (Å²) in [5, 5.41) is 0. The van der Waals surface area contributed by atoms with Crippen molar-refractivity contribution in [3.05, 3.63) is 78.6 Å². The zero-order valence-corrected chi connectivity index (χ0v) is 12.5. The second-order valence-corrected chi connectivity index (χ2v) is 5.45. The van der Waals surface area contributed by atoms with Crippen LogP contribution in [0.3, 0.4) is 0 Å². The molecule has 2 aromatic rings. The average Bonchev–Trinajstić information content (AvgIpc) is 2.92. The summed E-state index contributed by atoms with van der Waals surface area (Å²) < 4.78 is 0. The second kappa shape index (κ2) is 6.49. The third-order valence-electron chi connectivity index (χ3n) is 3.92. The van der Waals surface area contributed by atoms with Gasteiger partial charge < -0.3 is 9.80 Å². The van der Waals surface area contributed by atoms with Crippen LogP contribution in [0.2, 0.25) is 0 Å². The molecule has 0 bridgehead atoms. The van der Waals surface area contributed by atoms with Gasteiger partial charge in [0.2, 0.25) is 0 Å². The molecule has 0 N–H and O–H groups in total. The first kappa shape index (κ1) is 13.7. The van der Waals surface area contributed by atoms with E-state index in [-0.39, 0.29) is 0 Å². The highest BCUT2D eigenvalue weighted by atomic mass is 15.4. The van der Waals surface area contributed by atoms with Crippen molar-refractivity contribution in [1.29, 1.82) is 0 Å². The molecule has 0 saturated heterocycles. The predicted octanol–water partition coefficient (Wildman–Crippen LogP) is 4.26. The lowest BCUT2D eigenvalue weighted by atomic mass is 10.1. The standard InChI is InChI=1S/C19H22N2/c1-2-13-20-14-15-21(18-11-7-4-8-12-18)19(20)16-17-9-5-3-6-10-17/h3-12,14-15,19H,2,13,16H2,1H3. The molecule has 2 aromatic carbocycles.